The molecule has 0 fully saturated rings. The average molecular weight is 535 g/mol. The van der Waals surface area contributed by atoms with Crippen LogP contribution in [0.2, 0.25) is 0 Å². The molecule has 0 aliphatic heterocycles. The Labute approximate surface area is 242 Å². The van der Waals surface area contributed by atoms with Gasteiger partial charge in [-0.05, 0) is 74.2 Å². The van der Waals surface area contributed by atoms with Gasteiger partial charge in [0.15, 0.2) is 0 Å². The van der Waals surface area contributed by atoms with Crippen LogP contribution in [0.1, 0.15) is 75.0 Å². The van der Waals surface area contributed by atoms with E-state index in [0.29, 0.717) is 17.1 Å². The van der Waals surface area contributed by atoms with Gasteiger partial charge in [-0.15, -0.1) is 0 Å². The fourth-order valence-electron chi connectivity index (χ4n) is 6.43. The van der Waals surface area contributed by atoms with E-state index >= 15 is 0 Å². The van der Waals surface area contributed by atoms with Crippen LogP contribution in [0.15, 0.2) is 77.9 Å². The number of rotatable bonds is 3. The molecule has 1 unspecified atom stereocenters. The van der Waals surface area contributed by atoms with Crippen LogP contribution >= 0.6 is 0 Å². The van der Waals surface area contributed by atoms with Crippen molar-refractivity contribution in [3.63, 3.8) is 0 Å². The molecule has 41 heavy (non-hydrogen) atoms. The smallest absolute Gasteiger partial charge is 0.0991 e. The van der Waals surface area contributed by atoms with Crippen molar-refractivity contribution in [3.05, 3.63) is 106 Å². The molecule has 0 amide bonds. The lowest BCUT2D eigenvalue weighted by Crippen LogP contribution is -2.17. The predicted octanol–water partition coefficient (Wildman–Crippen LogP) is 9.62. The Hall–Kier alpha value is -4.80. The van der Waals surface area contributed by atoms with Gasteiger partial charge in [0.05, 0.1) is 28.7 Å². The highest BCUT2D eigenvalue weighted by Gasteiger charge is 2.31. The first-order valence-corrected chi connectivity index (χ1v) is 14.2. The largest absolute Gasteiger partial charge is 0.317 e. The Bertz CT molecular complexity index is 2000. The summed E-state index contributed by atoms with van der Waals surface area (Å²) >= 11 is 0. The Morgan fingerprint density at radius 1 is 0.902 bits per heavy atom. The summed E-state index contributed by atoms with van der Waals surface area (Å²) in [7, 11) is 0. The van der Waals surface area contributed by atoms with E-state index < -0.39 is 0 Å². The molecule has 2 heterocycles. The minimum Gasteiger partial charge on any atom is -0.317 e. The molecule has 6 rings (SSSR count). The molecule has 0 spiro atoms. The van der Waals surface area contributed by atoms with Crippen molar-refractivity contribution < 1.29 is 0 Å². The Balaban J connectivity index is 1.62. The summed E-state index contributed by atoms with van der Waals surface area (Å²) in [5, 5.41) is 21.4. The average Bonchev–Trinajstić information content (AvgIpc) is 3.44. The molecule has 1 aliphatic rings. The predicted molar refractivity (Wildman–Crippen MR) is 169 cm³/mol. The van der Waals surface area contributed by atoms with Crippen molar-refractivity contribution in [1.82, 2.24) is 9.13 Å². The van der Waals surface area contributed by atoms with Crippen molar-refractivity contribution in [2.24, 2.45) is 5.41 Å². The van der Waals surface area contributed by atoms with E-state index in [2.05, 4.69) is 117 Å². The lowest BCUT2D eigenvalue weighted by atomic mass is 9.76. The molecule has 1 aliphatic carbocycles. The van der Waals surface area contributed by atoms with Crippen LogP contribution in [0, 0.1) is 35.0 Å². The lowest BCUT2D eigenvalue weighted by molar-refractivity contribution is 0.467. The van der Waals surface area contributed by atoms with Gasteiger partial charge in [0, 0.05) is 56.2 Å². The van der Waals surface area contributed by atoms with E-state index in [1.54, 1.807) is 0 Å². The monoisotopic (exact) mass is 534 g/mol. The number of nitrogens with zero attached hydrogens (tertiary/aromatic N) is 4. The van der Waals surface area contributed by atoms with Gasteiger partial charge >= 0.3 is 0 Å². The van der Waals surface area contributed by atoms with Crippen molar-refractivity contribution in [1.29, 1.82) is 10.5 Å². The number of benzene rings is 3. The number of hydrogen-bond donors (Lipinski definition) is 0. The summed E-state index contributed by atoms with van der Waals surface area (Å²) in [5.41, 5.74) is 12.0. The first-order chi connectivity index (χ1) is 19.6. The van der Waals surface area contributed by atoms with E-state index in [1.165, 1.54) is 16.8 Å². The van der Waals surface area contributed by atoms with Gasteiger partial charge in [-0.25, -0.2) is 0 Å². The molecule has 3 aromatic carbocycles. The minimum atomic E-state index is 0.0784. The molecular weight excluding hydrogens is 500 g/mol. The third-order valence-electron chi connectivity index (χ3n) is 8.49. The van der Waals surface area contributed by atoms with Crippen molar-refractivity contribution in [2.45, 2.75) is 53.9 Å². The van der Waals surface area contributed by atoms with Gasteiger partial charge in [0.2, 0.25) is 0 Å². The molecule has 0 bridgehead atoms. The van der Waals surface area contributed by atoms with E-state index in [4.69, 9.17) is 0 Å². The molecule has 5 aromatic rings. The lowest BCUT2D eigenvalue weighted by Gasteiger charge is -2.31. The van der Waals surface area contributed by atoms with Crippen LogP contribution in [-0.2, 0) is 0 Å². The van der Waals surface area contributed by atoms with Crippen LogP contribution in [0.3, 0.4) is 0 Å². The van der Waals surface area contributed by atoms with Crippen LogP contribution in [0.5, 0.6) is 0 Å². The molecule has 0 N–H and O–H groups in total. The van der Waals surface area contributed by atoms with Gasteiger partial charge in [-0.3, -0.25) is 0 Å². The van der Waals surface area contributed by atoms with Crippen LogP contribution < -0.4 is 0 Å². The second-order valence-corrected chi connectivity index (χ2v) is 12.3. The maximum Gasteiger partial charge on any atom is 0.0991 e. The first kappa shape index (κ1) is 26.4. The van der Waals surface area contributed by atoms with Crippen LogP contribution in [0.4, 0.5) is 0 Å². The third kappa shape index (κ3) is 4.28. The zero-order chi connectivity index (χ0) is 29.1. The van der Waals surface area contributed by atoms with Crippen LogP contribution in [-0.4, -0.2) is 9.13 Å². The van der Waals surface area contributed by atoms with Gasteiger partial charge < -0.3 is 9.13 Å². The normalized spacial score (nSPS) is 15.5. The summed E-state index contributed by atoms with van der Waals surface area (Å²) in [6, 6.07) is 27.7. The summed E-state index contributed by atoms with van der Waals surface area (Å²) in [6.45, 7) is 13.2. The molecule has 4 heteroatoms. The maximum absolute atomic E-state index is 9.64. The first-order valence-electron chi connectivity index (χ1n) is 14.2. The van der Waals surface area contributed by atoms with Gasteiger partial charge in [-0.2, -0.15) is 10.5 Å². The molecule has 2 aromatic heterocycles. The molecule has 0 radical (unpaired) electrons. The molecule has 4 nitrogen and oxygen atoms in total. The fraction of sp³-hybridized carbons (Fsp3) is 0.243. The number of aromatic nitrogens is 2. The van der Waals surface area contributed by atoms with Crippen molar-refractivity contribution >= 4 is 34.0 Å². The molecular formula is C37H34N4. The number of para-hydroxylation sites is 1. The quantitative estimate of drug-likeness (QED) is 0.216. The van der Waals surface area contributed by atoms with Crippen LogP contribution in [0.25, 0.3) is 45.3 Å². The Morgan fingerprint density at radius 3 is 2.32 bits per heavy atom. The highest BCUT2D eigenvalue weighted by Crippen LogP contribution is 2.45. The number of fused-ring (bicyclic) bond motifs is 4. The molecule has 0 saturated heterocycles. The summed E-state index contributed by atoms with van der Waals surface area (Å²) in [6.07, 6.45) is 5.43. The standard InChI is InChI=1S/C37H34N4/c1-23(21-38)16-31-25(3)40(36-24(2)17-27(19-33(31)36)37(4,5)6)28-10-9-11-29(20-28)41-34-13-8-7-12-30(34)32-18-26(22-39)14-15-35(32)41/h7-16,18-20,24H,17H2,1-6H3/b23-16+. The highest BCUT2D eigenvalue weighted by molar-refractivity contribution is 6.09. The maximum atomic E-state index is 9.64. The SMILES string of the molecule is C/C(C#N)=C\c1c2c(n(-c3cccc(-n4c5ccccc5c5cc(C#N)ccc54)c3)c1C)C(C)CC(C(C)(C)C)=C2. The van der Waals surface area contributed by atoms with Gasteiger partial charge in [0.25, 0.3) is 0 Å². The number of allylic oxidation sites excluding steroid dienone is 2. The zero-order valence-electron chi connectivity index (χ0n) is 24.6. The number of hydrogen-bond acceptors (Lipinski definition) is 2. The zero-order valence-corrected chi connectivity index (χ0v) is 24.6. The molecule has 202 valence electrons. The summed E-state index contributed by atoms with van der Waals surface area (Å²) < 4.78 is 4.69. The van der Waals surface area contributed by atoms with Gasteiger partial charge in [-0.1, -0.05) is 63.6 Å². The second kappa shape index (κ2) is 9.69. The van der Waals surface area contributed by atoms with Crippen molar-refractivity contribution in [2.75, 3.05) is 0 Å². The number of nitriles is 2. The third-order valence-corrected chi connectivity index (χ3v) is 8.49. The van der Waals surface area contributed by atoms with E-state index in [-0.39, 0.29) is 5.41 Å². The van der Waals surface area contributed by atoms with Crippen molar-refractivity contribution in [3.8, 4) is 23.5 Å². The Morgan fingerprint density at radius 2 is 1.61 bits per heavy atom. The van der Waals surface area contributed by atoms with Gasteiger partial charge in [0.1, 0.15) is 0 Å². The molecule has 1 atom stereocenters. The Kier molecular flexibility index (Phi) is 6.24. The highest BCUT2D eigenvalue weighted by atomic mass is 15.0. The second-order valence-electron chi connectivity index (χ2n) is 12.3. The summed E-state index contributed by atoms with van der Waals surface area (Å²) in [5.74, 6) is 0.328. The van der Waals surface area contributed by atoms with E-state index in [1.807, 2.05) is 25.1 Å². The van der Waals surface area contributed by atoms with E-state index in [9.17, 15) is 10.5 Å². The fourth-order valence-corrected chi connectivity index (χ4v) is 6.43. The topological polar surface area (TPSA) is 57.4 Å². The molecule has 0 saturated carbocycles. The minimum absolute atomic E-state index is 0.0784. The van der Waals surface area contributed by atoms with E-state index in [0.717, 1.165) is 50.9 Å². The summed E-state index contributed by atoms with van der Waals surface area (Å²) in [4.78, 5) is 0.